The molecule has 0 amide bonds. The van der Waals surface area contributed by atoms with Crippen LogP contribution in [0.15, 0.2) is 59.9 Å². The highest BCUT2D eigenvalue weighted by Gasteiger charge is 2.12. The average molecular weight is 455 g/mol. The van der Waals surface area contributed by atoms with Crippen molar-refractivity contribution >= 4 is 29.4 Å². The monoisotopic (exact) mass is 454 g/mol. The standard InChI is InChI=1S/C24H27ClN4OS/c1-17-22(27-23(29-28-17)31-16-19-7-11-21(25)12-8-19)13-14-26-30-15-18-5-9-20(10-6-18)24(2,3)4/h5-14,26H,15-16H2,1-4H3/b14-13+. The second-order valence-corrected chi connectivity index (χ2v) is 9.55. The van der Waals surface area contributed by atoms with Gasteiger partial charge < -0.3 is 0 Å². The number of nitrogens with one attached hydrogen (secondary N) is 1. The van der Waals surface area contributed by atoms with Crippen molar-refractivity contribution in [3.8, 4) is 0 Å². The Morgan fingerprint density at radius 3 is 2.35 bits per heavy atom. The van der Waals surface area contributed by atoms with Crippen molar-refractivity contribution in [2.45, 2.75) is 50.6 Å². The molecule has 7 heteroatoms. The van der Waals surface area contributed by atoms with Gasteiger partial charge in [0.15, 0.2) is 0 Å². The molecule has 31 heavy (non-hydrogen) atoms. The van der Waals surface area contributed by atoms with Crippen LogP contribution in [0.1, 0.15) is 48.8 Å². The quantitative estimate of drug-likeness (QED) is 0.251. The van der Waals surface area contributed by atoms with E-state index in [1.807, 2.05) is 37.3 Å². The van der Waals surface area contributed by atoms with Gasteiger partial charge in [0.25, 0.3) is 0 Å². The van der Waals surface area contributed by atoms with E-state index >= 15 is 0 Å². The molecule has 1 aromatic heterocycles. The Balaban J connectivity index is 1.49. The lowest BCUT2D eigenvalue weighted by molar-refractivity contribution is 0.0581. The number of aryl methyl sites for hydroxylation is 1. The van der Waals surface area contributed by atoms with E-state index in [0.29, 0.717) is 11.8 Å². The van der Waals surface area contributed by atoms with Crippen LogP contribution in [0.2, 0.25) is 5.02 Å². The molecular formula is C24H27ClN4OS. The van der Waals surface area contributed by atoms with Crippen LogP contribution >= 0.6 is 23.4 Å². The molecule has 3 aromatic rings. The van der Waals surface area contributed by atoms with E-state index in [2.05, 4.69) is 65.7 Å². The maximum Gasteiger partial charge on any atom is 0.209 e. The van der Waals surface area contributed by atoms with Crippen molar-refractivity contribution in [2.24, 2.45) is 0 Å². The van der Waals surface area contributed by atoms with E-state index in [9.17, 15) is 0 Å². The summed E-state index contributed by atoms with van der Waals surface area (Å²) in [7, 11) is 0. The molecule has 5 nitrogen and oxygen atoms in total. The van der Waals surface area contributed by atoms with Gasteiger partial charge in [0.2, 0.25) is 5.16 Å². The number of benzene rings is 2. The van der Waals surface area contributed by atoms with Crippen LogP contribution in [0.3, 0.4) is 0 Å². The SMILES string of the molecule is Cc1nnc(SCc2ccc(Cl)cc2)nc1/C=C/NOCc1ccc(C(C)(C)C)cc1. The summed E-state index contributed by atoms with van der Waals surface area (Å²) in [6.45, 7) is 8.96. The van der Waals surface area contributed by atoms with E-state index in [0.717, 1.165) is 33.3 Å². The summed E-state index contributed by atoms with van der Waals surface area (Å²) >= 11 is 7.46. The number of nitrogens with zero attached hydrogens (tertiary/aromatic N) is 3. The van der Waals surface area contributed by atoms with Gasteiger partial charge in [-0.15, -0.1) is 5.10 Å². The third-order valence-corrected chi connectivity index (χ3v) is 5.77. The lowest BCUT2D eigenvalue weighted by Crippen LogP contribution is -2.11. The van der Waals surface area contributed by atoms with Gasteiger partial charge in [0.05, 0.1) is 18.0 Å². The number of thioether (sulfide) groups is 1. The second-order valence-electron chi connectivity index (χ2n) is 8.17. The van der Waals surface area contributed by atoms with Gasteiger partial charge in [-0.05, 0) is 47.2 Å². The number of hydrogen-bond donors (Lipinski definition) is 1. The fourth-order valence-corrected chi connectivity index (χ4v) is 3.59. The summed E-state index contributed by atoms with van der Waals surface area (Å²) in [4.78, 5) is 10.1. The first-order valence-corrected chi connectivity index (χ1v) is 11.4. The summed E-state index contributed by atoms with van der Waals surface area (Å²) in [5.74, 6) is 0.750. The highest BCUT2D eigenvalue weighted by atomic mass is 35.5. The highest BCUT2D eigenvalue weighted by Crippen LogP contribution is 2.22. The molecule has 0 bridgehead atoms. The lowest BCUT2D eigenvalue weighted by atomic mass is 9.87. The molecule has 2 aromatic carbocycles. The van der Waals surface area contributed by atoms with Gasteiger partial charge in [0.1, 0.15) is 0 Å². The maximum atomic E-state index is 5.93. The normalized spacial score (nSPS) is 11.8. The zero-order valence-electron chi connectivity index (χ0n) is 18.2. The molecule has 0 radical (unpaired) electrons. The molecule has 0 fully saturated rings. The number of rotatable bonds is 8. The van der Waals surface area contributed by atoms with Gasteiger partial charge in [-0.3, -0.25) is 10.3 Å². The third kappa shape index (κ3) is 7.35. The Bertz CT molecular complexity index is 1020. The van der Waals surface area contributed by atoms with Crippen molar-refractivity contribution in [1.29, 1.82) is 0 Å². The van der Waals surface area contributed by atoms with E-state index in [1.165, 1.54) is 17.3 Å². The predicted octanol–water partition coefficient (Wildman–Crippen LogP) is 6.12. The Labute approximate surface area is 193 Å². The Morgan fingerprint density at radius 1 is 1.00 bits per heavy atom. The molecule has 0 unspecified atom stereocenters. The zero-order chi connectivity index (χ0) is 22.3. The number of halogens is 1. The van der Waals surface area contributed by atoms with E-state index < -0.39 is 0 Å². The van der Waals surface area contributed by atoms with E-state index in [1.54, 1.807) is 6.20 Å². The summed E-state index contributed by atoms with van der Waals surface area (Å²) in [5.41, 5.74) is 8.07. The Hall–Kier alpha value is -2.41. The molecular weight excluding hydrogens is 428 g/mol. The molecule has 0 aliphatic carbocycles. The van der Waals surface area contributed by atoms with Gasteiger partial charge in [-0.2, -0.15) is 5.10 Å². The lowest BCUT2D eigenvalue weighted by Gasteiger charge is -2.19. The largest absolute Gasteiger partial charge is 0.274 e. The van der Waals surface area contributed by atoms with Crippen molar-refractivity contribution < 1.29 is 4.84 Å². The first kappa shape index (κ1) is 23.3. The summed E-state index contributed by atoms with van der Waals surface area (Å²) < 4.78 is 0. The van der Waals surface area contributed by atoms with Gasteiger partial charge >= 0.3 is 0 Å². The zero-order valence-corrected chi connectivity index (χ0v) is 19.8. The predicted molar refractivity (Wildman–Crippen MR) is 128 cm³/mol. The van der Waals surface area contributed by atoms with Crippen molar-refractivity contribution in [3.63, 3.8) is 0 Å². The van der Waals surface area contributed by atoms with Crippen LogP contribution in [0.25, 0.3) is 6.08 Å². The van der Waals surface area contributed by atoms with Crippen LogP contribution in [0, 0.1) is 6.92 Å². The number of aromatic nitrogens is 3. The summed E-state index contributed by atoms with van der Waals surface area (Å²) in [6.07, 6.45) is 3.55. The van der Waals surface area contributed by atoms with E-state index in [4.69, 9.17) is 16.4 Å². The fraction of sp³-hybridized carbons (Fsp3) is 0.292. The molecule has 0 saturated heterocycles. The first-order valence-electron chi connectivity index (χ1n) is 10.0. The fourth-order valence-electron chi connectivity index (χ4n) is 2.71. The van der Waals surface area contributed by atoms with Gasteiger partial charge in [-0.25, -0.2) is 4.98 Å². The van der Waals surface area contributed by atoms with E-state index in [-0.39, 0.29) is 5.41 Å². The molecule has 0 aliphatic rings. The molecule has 1 N–H and O–H groups in total. The Kier molecular flexibility index (Phi) is 8.07. The van der Waals surface area contributed by atoms with Gasteiger partial charge in [-0.1, -0.05) is 80.5 Å². The molecule has 0 spiro atoms. The highest BCUT2D eigenvalue weighted by molar-refractivity contribution is 7.98. The minimum Gasteiger partial charge on any atom is -0.274 e. The van der Waals surface area contributed by atoms with Crippen LogP contribution in [-0.2, 0) is 22.6 Å². The van der Waals surface area contributed by atoms with Crippen LogP contribution in [0.5, 0.6) is 0 Å². The molecule has 0 aliphatic heterocycles. The topological polar surface area (TPSA) is 59.9 Å². The maximum absolute atomic E-state index is 5.93. The molecule has 1 heterocycles. The summed E-state index contributed by atoms with van der Waals surface area (Å²) in [5, 5.41) is 9.73. The first-order chi connectivity index (χ1) is 14.8. The molecule has 0 atom stereocenters. The minimum atomic E-state index is 0.149. The van der Waals surface area contributed by atoms with Crippen molar-refractivity contribution in [3.05, 3.63) is 87.8 Å². The smallest absolute Gasteiger partial charge is 0.209 e. The Morgan fingerprint density at radius 2 is 1.68 bits per heavy atom. The van der Waals surface area contributed by atoms with Crippen LogP contribution < -0.4 is 5.48 Å². The molecule has 162 valence electrons. The van der Waals surface area contributed by atoms with Crippen LogP contribution in [-0.4, -0.2) is 15.2 Å². The van der Waals surface area contributed by atoms with Gasteiger partial charge in [0, 0.05) is 17.0 Å². The average Bonchev–Trinajstić information content (AvgIpc) is 2.74. The van der Waals surface area contributed by atoms with Crippen LogP contribution in [0.4, 0.5) is 0 Å². The van der Waals surface area contributed by atoms with Crippen molar-refractivity contribution in [1.82, 2.24) is 20.7 Å². The molecule has 3 rings (SSSR count). The van der Waals surface area contributed by atoms with Crippen molar-refractivity contribution in [2.75, 3.05) is 0 Å². The third-order valence-electron chi connectivity index (χ3n) is 4.60. The second kappa shape index (κ2) is 10.8. The molecule has 0 saturated carbocycles. The number of hydrogen-bond acceptors (Lipinski definition) is 6. The minimum absolute atomic E-state index is 0.149. The number of hydroxylamine groups is 1. The summed E-state index contributed by atoms with van der Waals surface area (Å²) in [6, 6.07) is 16.2.